The van der Waals surface area contributed by atoms with Crippen LogP contribution in [-0.4, -0.2) is 50.5 Å². The lowest BCUT2D eigenvalue weighted by molar-refractivity contribution is -0.0304. The molecule has 2 aliphatic rings. The van der Waals surface area contributed by atoms with Crippen LogP contribution >= 0.6 is 0 Å². The second kappa shape index (κ2) is 4.94. The summed E-state index contributed by atoms with van der Waals surface area (Å²) < 4.78 is 11.0. The number of morpholine rings is 1. The van der Waals surface area contributed by atoms with Gasteiger partial charge in [-0.3, -0.25) is 4.90 Å². The van der Waals surface area contributed by atoms with Crippen molar-refractivity contribution in [3.05, 3.63) is 0 Å². The summed E-state index contributed by atoms with van der Waals surface area (Å²) in [5.41, 5.74) is 0. The van der Waals surface area contributed by atoms with Crippen LogP contribution < -0.4 is 0 Å². The monoisotopic (exact) mass is 185 g/mol. The van der Waals surface area contributed by atoms with Gasteiger partial charge in [-0.2, -0.15) is 0 Å². The summed E-state index contributed by atoms with van der Waals surface area (Å²) in [6.45, 7) is 6.04. The minimum atomic E-state index is 0.492. The summed E-state index contributed by atoms with van der Waals surface area (Å²) in [7, 11) is 0. The lowest BCUT2D eigenvalue weighted by atomic mass is 10.1. The van der Waals surface area contributed by atoms with E-state index in [-0.39, 0.29) is 0 Å². The molecule has 0 bridgehead atoms. The predicted molar refractivity (Wildman–Crippen MR) is 50.9 cm³/mol. The maximum atomic E-state index is 5.70. The van der Waals surface area contributed by atoms with Crippen molar-refractivity contribution in [2.45, 2.75) is 25.4 Å². The van der Waals surface area contributed by atoms with Crippen LogP contribution in [0, 0.1) is 0 Å². The highest BCUT2D eigenvalue weighted by Crippen LogP contribution is 2.14. The highest BCUT2D eigenvalue weighted by atomic mass is 16.5. The molecule has 2 saturated heterocycles. The van der Waals surface area contributed by atoms with E-state index in [0.717, 1.165) is 39.5 Å². The summed E-state index contributed by atoms with van der Waals surface area (Å²) in [5, 5.41) is 0. The number of hydrogen-bond donors (Lipinski definition) is 0. The third-order valence-corrected chi connectivity index (χ3v) is 2.84. The molecule has 0 aromatic carbocycles. The van der Waals surface area contributed by atoms with Gasteiger partial charge < -0.3 is 9.47 Å². The Bertz CT molecular complexity index is 124. The van der Waals surface area contributed by atoms with Crippen molar-refractivity contribution in [2.75, 3.05) is 39.5 Å². The first-order valence-electron chi connectivity index (χ1n) is 5.37. The van der Waals surface area contributed by atoms with Gasteiger partial charge in [0.1, 0.15) is 0 Å². The number of hydrogen-bond acceptors (Lipinski definition) is 3. The lowest BCUT2D eigenvalue weighted by Crippen LogP contribution is -2.42. The number of nitrogens with zero attached hydrogens (tertiary/aromatic N) is 1. The van der Waals surface area contributed by atoms with E-state index in [0.29, 0.717) is 6.10 Å². The Hall–Kier alpha value is -0.120. The van der Waals surface area contributed by atoms with Gasteiger partial charge in [0.25, 0.3) is 0 Å². The Morgan fingerprint density at radius 2 is 1.92 bits per heavy atom. The number of ether oxygens (including phenoxy) is 2. The maximum Gasteiger partial charge on any atom is 0.0702 e. The SMILES string of the molecule is C1CCC(CN2CCOCC2)OC1. The highest BCUT2D eigenvalue weighted by Gasteiger charge is 2.18. The Kier molecular flexibility index (Phi) is 3.58. The predicted octanol–water partition coefficient (Wildman–Crippen LogP) is 0.888. The van der Waals surface area contributed by atoms with E-state index in [1.807, 2.05) is 0 Å². The van der Waals surface area contributed by atoms with Gasteiger partial charge in [0, 0.05) is 26.2 Å². The van der Waals surface area contributed by atoms with E-state index in [1.165, 1.54) is 19.3 Å². The second-order valence-electron chi connectivity index (χ2n) is 3.90. The van der Waals surface area contributed by atoms with Crippen LogP contribution in [0.3, 0.4) is 0 Å². The van der Waals surface area contributed by atoms with Crippen molar-refractivity contribution in [3.63, 3.8) is 0 Å². The van der Waals surface area contributed by atoms with Gasteiger partial charge in [-0.25, -0.2) is 0 Å². The topological polar surface area (TPSA) is 21.7 Å². The van der Waals surface area contributed by atoms with Crippen molar-refractivity contribution >= 4 is 0 Å². The zero-order valence-corrected chi connectivity index (χ0v) is 8.21. The highest BCUT2D eigenvalue weighted by molar-refractivity contribution is 4.71. The summed E-state index contributed by atoms with van der Waals surface area (Å²) in [6, 6.07) is 0. The third kappa shape index (κ3) is 2.93. The molecule has 1 unspecified atom stereocenters. The fourth-order valence-electron chi connectivity index (χ4n) is 2.02. The van der Waals surface area contributed by atoms with Crippen molar-refractivity contribution in [1.29, 1.82) is 0 Å². The first-order chi connectivity index (χ1) is 6.45. The lowest BCUT2D eigenvalue weighted by Gasteiger charge is -2.32. The summed E-state index contributed by atoms with van der Waals surface area (Å²) in [6.07, 6.45) is 4.33. The summed E-state index contributed by atoms with van der Waals surface area (Å²) in [5.74, 6) is 0. The van der Waals surface area contributed by atoms with E-state index in [4.69, 9.17) is 9.47 Å². The summed E-state index contributed by atoms with van der Waals surface area (Å²) >= 11 is 0. The van der Waals surface area contributed by atoms with Crippen LogP contribution in [0.2, 0.25) is 0 Å². The van der Waals surface area contributed by atoms with Gasteiger partial charge >= 0.3 is 0 Å². The molecule has 0 radical (unpaired) electrons. The molecule has 0 amide bonds. The molecule has 3 heteroatoms. The Morgan fingerprint density at radius 3 is 2.62 bits per heavy atom. The van der Waals surface area contributed by atoms with Crippen LogP contribution in [-0.2, 0) is 9.47 Å². The minimum Gasteiger partial charge on any atom is -0.379 e. The van der Waals surface area contributed by atoms with Gasteiger partial charge in [-0.15, -0.1) is 0 Å². The van der Waals surface area contributed by atoms with Crippen LogP contribution in [0.5, 0.6) is 0 Å². The molecule has 2 rings (SSSR count). The standard InChI is InChI=1S/C10H19NO2/c1-2-6-13-10(3-1)9-11-4-7-12-8-5-11/h10H,1-9H2. The zero-order chi connectivity index (χ0) is 8.93. The molecular weight excluding hydrogens is 166 g/mol. The molecule has 1 atom stereocenters. The van der Waals surface area contributed by atoms with Crippen molar-refractivity contribution < 1.29 is 9.47 Å². The molecule has 0 spiro atoms. The van der Waals surface area contributed by atoms with Gasteiger partial charge in [-0.1, -0.05) is 0 Å². The van der Waals surface area contributed by atoms with Crippen LogP contribution in [0.15, 0.2) is 0 Å². The molecule has 2 aliphatic heterocycles. The zero-order valence-electron chi connectivity index (χ0n) is 8.21. The number of rotatable bonds is 2. The molecule has 13 heavy (non-hydrogen) atoms. The van der Waals surface area contributed by atoms with Gasteiger partial charge in [-0.05, 0) is 19.3 Å². The van der Waals surface area contributed by atoms with Gasteiger partial charge in [0.2, 0.25) is 0 Å². The summed E-state index contributed by atoms with van der Waals surface area (Å²) in [4.78, 5) is 2.46. The first-order valence-corrected chi connectivity index (χ1v) is 5.37. The molecule has 0 N–H and O–H groups in total. The van der Waals surface area contributed by atoms with E-state index in [1.54, 1.807) is 0 Å². The first kappa shape index (κ1) is 9.44. The molecule has 0 aromatic heterocycles. The largest absolute Gasteiger partial charge is 0.379 e. The third-order valence-electron chi connectivity index (χ3n) is 2.84. The Labute approximate surface area is 80.0 Å². The van der Waals surface area contributed by atoms with E-state index in [2.05, 4.69) is 4.90 Å². The minimum absolute atomic E-state index is 0.492. The van der Waals surface area contributed by atoms with Crippen LogP contribution in [0.4, 0.5) is 0 Å². The van der Waals surface area contributed by atoms with E-state index >= 15 is 0 Å². The average molecular weight is 185 g/mol. The average Bonchev–Trinajstić information content (AvgIpc) is 2.21. The van der Waals surface area contributed by atoms with Gasteiger partial charge in [0.15, 0.2) is 0 Å². The fraction of sp³-hybridized carbons (Fsp3) is 1.00. The van der Waals surface area contributed by atoms with Crippen LogP contribution in [0.1, 0.15) is 19.3 Å². The van der Waals surface area contributed by atoms with Gasteiger partial charge in [0.05, 0.1) is 19.3 Å². The van der Waals surface area contributed by atoms with Crippen LogP contribution in [0.25, 0.3) is 0 Å². The molecule has 2 fully saturated rings. The molecule has 3 nitrogen and oxygen atoms in total. The molecular formula is C10H19NO2. The molecule has 76 valence electrons. The van der Waals surface area contributed by atoms with Crippen molar-refractivity contribution in [2.24, 2.45) is 0 Å². The normalized spacial score (nSPS) is 31.8. The van der Waals surface area contributed by atoms with Crippen molar-refractivity contribution in [1.82, 2.24) is 4.90 Å². The Morgan fingerprint density at radius 1 is 1.08 bits per heavy atom. The molecule has 0 aromatic rings. The second-order valence-corrected chi connectivity index (χ2v) is 3.90. The quantitative estimate of drug-likeness (QED) is 0.637. The molecule has 0 aliphatic carbocycles. The molecule has 0 saturated carbocycles. The fourth-order valence-corrected chi connectivity index (χ4v) is 2.02. The van der Waals surface area contributed by atoms with E-state index < -0.39 is 0 Å². The maximum absolute atomic E-state index is 5.70. The van der Waals surface area contributed by atoms with Crippen molar-refractivity contribution in [3.8, 4) is 0 Å². The Balaban J connectivity index is 1.69. The smallest absolute Gasteiger partial charge is 0.0702 e. The van der Waals surface area contributed by atoms with E-state index in [9.17, 15) is 0 Å². The molecule has 2 heterocycles.